The van der Waals surface area contributed by atoms with Crippen molar-refractivity contribution in [2.45, 2.75) is 76.0 Å². The topological polar surface area (TPSA) is 84.9 Å². The fourth-order valence-electron chi connectivity index (χ4n) is 6.37. The number of likely N-dealkylation sites (N-methyl/N-ethyl adjacent to an activating group) is 1. The molecular formula is C40H45NO8. The van der Waals surface area contributed by atoms with Gasteiger partial charge in [-0.2, -0.15) is 5.06 Å². The van der Waals surface area contributed by atoms with Crippen molar-refractivity contribution in [1.82, 2.24) is 5.06 Å². The molecule has 2 saturated heterocycles. The first-order chi connectivity index (χ1) is 24.0. The predicted molar refractivity (Wildman–Crippen MR) is 183 cm³/mol. The lowest BCUT2D eigenvalue weighted by molar-refractivity contribution is -0.404. The van der Waals surface area contributed by atoms with E-state index in [1.54, 1.807) is 14.0 Å². The van der Waals surface area contributed by atoms with Gasteiger partial charge in [-0.25, -0.2) is 0 Å². The zero-order chi connectivity index (χ0) is 33.9. The Kier molecular flexibility index (Phi) is 12.2. The Hall–Kier alpha value is -3.93. The summed E-state index contributed by atoms with van der Waals surface area (Å²) in [6.45, 7) is 3.48. The Balaban J connectivity index is 1.36. The van der Waals surface area contributed by atoms with E-state index in [1.807, 2.05) is 121 Å². The molecule has 2 heterocycles. The van der Waals surface area contributed by atoms with Gasteiger partial charge in [0.15, 0.2) is 0 Å². The smallest absolute Gasteiger partial charge is 0.325 e. The normalized spacial score (nSPS) is 25.4. The highest BCUT2D eigenvalue weighted by Crippen LogP contribution is 2.45. The van der Waals surface area contributed by atoms with Crippen molar-refractivity contribution in [2.75, 3.05) is 20.3 Å². The molecule has 1 spiro atoms. The molecule has 2 aliphatic rings. The molecule has 49 heavy (non-hydrogen) atoms. The van der Waals surface area contributed by atoms with E-state index in [1.165, 1.54) is 5.06 Å². The second kappa shape index (κ2) is 17.1. The molecule has 2 fully saturated rings. The van der Waals surface area contributed by atoms with Crippen LogP contribution in [-0.4, -0.2) is 67.5 Å². The summed E-state index contributed by atoms with van der Waals surface area (Å²) in [4.78, 5) is 19.7. The van der Waals surface area contributed by atoms with Crippen LogP contribution in [0.15, 0.2) is 121 Å². The van der Waals surface area contributed by atoms with Gasteiger partial charge in [-0.15, -0.1) is 0 Å². The summed E-state index contributed by atoms with van der Waals surface area (Å²) >= 11 is 0. The van der Waals surface area contributed by atoms with E-state index in [0.29, 0.717) is 19.8 Å². The van der Waals surface area contributed by atoms with E-state index in [0.717, 1.165) is 22.3 Å². The van der Waals surface area contributed by atoms with Crippen LogP contribution in [0.1, 0.15) is 35.6 Å². The number of hydrogen-bond donors (Lipinski definition) is 0. The zero-order valence-corrected chi connectivity index (χ0v) is 28.1. The Bertz CT molecular complexity index is 1560. The first-order valence-corrected chi connectivity index (χ1v) is 16.9. The highest BCUT2D eigenvalue weighted by molar-refractivity contribution is 5.76. The van der Waals surface area contributed by atoms with Crippen LogP contribution in [0.4, 0.5) is 0 Å². The number of hydroxylamine groups is 2. The number of hydrogen-bond acceptors (Lipinski definition) is 9. The lowest BCUT2D eigenvalue weighted by atomic mass is 9.88. The SMILES string of the molecule is CCOC(=O)[C@H]1C[C@@]2(O[C@H](COCc3ccccc3)[C@@H](OCc3ccccc3)[C@H](OCc3ccccc3)[C@@H]2OCc2ccccc2)ON1C. The summed E-state index contributed by atoms with van der Waals surface area (Å²) in [6.07, 6.45) is -2.58. The van der Waals surface area contributed by atoms with Crippen molar-refractivity contribution >= 4 is 5.97 Å². The van der Waals surface area contributed by atoms with Crippen LogP contribution >= 0.6 is 0 Å². The fourth-order valence-corrected chi connectivity index (χ4v) is 6.37. The zero-order valence-electron chi connectivity index (χ0n) is 28.1. The van der Waals surface area contributed by atoms with E-state index >= 15 is 0 Å². The number of ether oxygens (including phenoxy) is 6. The predicted octanol–water partition coefficient (Wildman–Crippen LogP) is 6.25. The summed E-state index contributed by atoms with van der Waals surface area (Å²) in [5.74, 6) is -1.80. The number of carbonyl (C=O) groups is 1. The van der Waals surface area contributed by atoms with Gasteiger partial charge < -0.3 is 28.4 Å². The summed E-state index contributed by atoms with van der Waals surface area (Å²) in [6, 6.07) is 39.1. The molecule has 0 N–H and O–H groups in total. The quantitative estimate of drug-likeness (QED) is 0.137. The third kappa shape index (κ3) is 9.00. The Morgan fingerprint density at radius 2 is 1.16 bits per heavy atom. The molecule has 0 unspecified atom stereocenters. The maximum absolute atomic E-state index is 13.2. The van der Waals surface area contributed by atoms with Gasteiger partial charge in [0.2, 0.25) is 5.79 Å². The highest BCUT2D eigenvalue weighted by atomic mass is 16.8. The number of rotatable bonds is 15. The minimum atomic E-state index is -1.41. The van der Waals surface area contributed by atoms with Gasteiger partial charge in [-0.05, 0) is 29.2 Å². The number of esters is 1. The van der Waals surface area contributed by atoms with E-state index in [2.05, 4.69) is 0 Å². The molecule has 6 atom stereocenters. The molecule has 0 amide bonds. The van der Waals surface area contributed by atoms with Gasteiger partial charge >= 0.3 is 5.97 Å². The van der Waals surface area contributed by atoms with E-state index in [-0.39, 0.29) is 26.2 Å². The number of nitrogens with zero attached hydrogens (tertiary/aromatic N) is 1. The van der Waals surface area contributed by atoms with Crippen molar-refractivity contribution in [1.29, 1.82) is 0 Å². The van der Waals surface area contributed by atoms with Crippen molar-refractivity contribution in [3.05, 3.63) is 144 Å². The maximum Gasteiger partial charge on any atom is 0.325 e. The van der Waals surface area contributed by atoms with Crippen molar-refractivity contribution in [3.63, 3.8) is 0 Å². The third-order valence-corrected chi connectivity index (χ3v) is 8.78. The van der Waals surface area contributed by atoms with Crippen LogP contribution in [0.25, 0.3) is 0 Å². The van der Waals surface area contributed by atoms with Crippen molar-refractivity contribution in [2.24, 2.45) is 0 Å². The lowest BCUT2D eigenvalue weighted by Gasteiger charge is -2.50. The molecule has 4 aromatic rings. The minimum Gasteiger partial charge on any atom is -0.465 e. The van der Waals surface area contributed by atoms with Crippen LogP contribution < -0.4 is 0 Å². The molecule has 0 saturated carbocycles. The molecule has 258 valence electrons. The van der Waals surface area contributed by atoms with Gasteiger partial charge in [0.25, 0.3) is 0 Å². The van der Waals surface area contributed by atoms with Gasteiger partial charge in [-0.3, -0.25) is 9.63 Å². The van der Waals surface area contributed by atoms with Gasteiger partial charge in [0.05, 0.1) is 39.6 Å². The first kappa shape index (κ1) is 34.9. The van der Waals surface area contributed by atoms with E-state index in [4.69, 9.17) is 33.3 Å². The molecule has 0 aromatic heterocycles. The Morgan fingerprint density at radius 3 is 1.67 bits per heavy atom. The number of carbonyl (C=O) groups excluding carboxylic acids is 1. The van der Waals surface area contributed by atoms with Crippen LogP contribution in [-0.2, 0) is 64.5 Å². The number of benzene rings is 4. The largest absolute Gasteiger partial charge is 0.465 e. The maximum atomic E-state index is 13.2. The van der Waals surface area contributed by atoms with Crippen molar-refractivity contribution in [3.8, 4) is 0 Å². The van der Waals surface area contributed by atoms with Crippen LogP contribution in [0.3, 0.4) is 0 Å². The molecule has 9 heteroatoms. The van der Waals surface area contributed by atoms with Crippen molar-refractivity contribution < 1.29 is 38.1 Å². The minimum absolute atomic E-state index is 0.160. The van der Waals surface area contributed by atoms with Gasteiger partial charge in [-0.1, -0.05) is 121 Å². The monoisotopic (exact) mass is 667 g/mol. The van der Waals surface area contributed by atoms with Gasteiger partial charge in [0.1, 0.15) is 30.5 Å². The third-order valence-electron chi connectivity index (χ3n) is 8.78. The molecule has 0 aliphatic carbocycles. The summed E-state index contributed by atoms with van der Waals surface area (Å²) in [5, 5.41) is 1.51. The highest BCUT2D eigenvalue weighted by Gasteiger charge is 2.63. The molecule has 0 bridgehead atoms. The standard InChI is InChI=1S/C40H45NO8/c1-3-44-39(42)34-24-40(49-41(34)2)38(47-28-33-22-14-7-15-23-33)37(46-27-32-20-12-6-13-21-32)36(45-26-31-18-10-5-11-19-31)35(48-40)29-43-25-30-16-8-4-9-17-30/h4-23,34-38H,3,24-29H2,1-2H3/t34-,35-,36-,37+,38+,40-/m1/s1. The summed E-state index contributed by atoms with van der Waals surface area (Å²) in [5.41, 5.74) is 4.02. The van der Waals surface area contributed by atoms with Gasteiger partial charge in [0, 0.05) is 13.5 Å². The molecule has 4 aromatic carbocycles. The van der Waals surface area contributed by atoms with Crippen LogP contribution in [0.2, 0.25) is 0 Å². The molecule has 2 aliphatic heterocycles. The summed E-state index contributed by atoms with van der Waals surface area (Å²) < 4.78 is 39.0. The Morgan fingerprint density at radius 1 is 0.694 bits per heavy atom. The molecule has 9 nitrogen and oxygen atoms in total. The van der Waals surface area contributed by atoms with Crippen LogP contribution in [0, 0.1) is 0 Å². The summed E-state index contributed by atoms with van der Waals surface area (Å²) in [7, 11) is 1.71. The fraction of sp³-hybridized carbons (Fsp3) is 0.375. The first-order valence-electron chi connectivity index (χ1n) is 16.9. The Labute approximate surface area is 288 Å². The average molecular weight is 668 g/mol. The second-order valence-electron chi connectivity index (χ2n) is 12.3. The van der Waals surface area contributed by atoms with Crippen LogP contribution in [0.5, 0.6) is 0 Å². The molecular weight excluding hydrogens is 622 g/mol. The average Bonchev–Trinajstić information content (AvgIpc) is 3.47. The molecule has 0 radical (unpaired) electrons. The second-order valence-corrected chi connectivity index (χ2v) is 12.3. The van der Waals surface area contributed by atoms with E-state index < -0.39 is 42.2 Å². The molecule has 6 rings (SSSR count). The lowest BCUT2D eigenvalue weighted by Crippen LogP contribution is -2.67. The van der Waals surface area contributed by atoms with E-state index in [9.17, 15) is 4.79 Å².